The molecule has 1 heterocycles. The van der Waals surface area contributed by atoms with Crippen LogP contribution >= 0.6 is 22.9 Å². The van der Waals surface area contributed by atoms with Crippen molar-refractivity contribution in [3.8, 4) is 5.75 Å². The number of aromatic nitrogens is 1. The highest BCUT2D eigenvalue weighted by Gasteiger charge is 2.06. The number of hydrogen-bond acceptors (Lipinski definition) is 4. The first-order chi connectivity index (χ1) is 10.2. The van der Waals surface area contributed by atoms with E-state index in [2.05, 4.69) is 15.6 Å². The molecule has 112 valence electrons. The van der Waals surface area contributed by atoms with E-state index in [1.807, 2.05) is 12.3 Å². The van der Waals surface area contributed by atoms with E-state index in [4.69, 9.17) is 16.3 Å². The normalized spacial score (nSPS) is 10.2. The van der Waals surface area contributed by atoms with Gasteiger partial charge in [0.2, 0.25) is 0 Å². The number of rotatable bonds is 6. The molecule has 0 spiro atoms. The predicted molar refractivity (Wildman–Crippen MR) is 85.5 cm³/mol. The summed E-state index contributed by atoms with van der Waals surface area (Å²) < 4.78 is 5.34. The molecule has 0 atom stereocenters. The van der Waals surface area contributed by atoms with Gasteiger partial charge in [-0.1, -0.05) is 11.6 Å². The number of hydrogen-bond donors (Lipinski definition) is 2. The molecule has 0 aliphatic carbocycles. The molecule has 0 bridgehead atoms. The Morgan fingerprint density at radius 1 is 1.48 bits per heavy atom. The molecule has 1 aromatic carbocycles. The molecule has 0 fully saturated rings. The van der Waals surface area contributed by atoms with Crippen molar-refractivity contribution in [3.63, 3.8) is 0 Å². The second kappa shape index (κ2) is 7.85. The number of nitrogens with zero attached hydrogens (tertiary/aromatic N) is 1. The number of nitrogens with one attached hydrogen (secondary N) is 2. The molecule has 0 saturated heterocycles. The minimum absolute atomic E-state index is 0.271. The van der Waals surface area contributed by atoms with E-state index in [1.54, 1.807) is 35.7 Å². The Kier molecular flexibility index (Phi) is 5.83. The quantitative estimate of drug-likeness (QED) is 0.853. The van der Waals surface area contributed by atoms with Crippen molar-refractivity contribution in [2.75, 3.05) is 18.5 Å². The minimum Gasteiger partial charge on any atom is -0.492 e. The molecule has 2 amide bonds. The molecule has 0 saturated carbocycles. The SMILES string of the molecule is CCOc1ccc(NC(=O)NCCc2nccs2)cc1Cl. The molecule has 1 aromatic heterocycles. The molecule has 21 heavy (non-hydrogen) atoms. The van der Waals surface area contributed by atoms with Crippen LogP contribution in [0.15, 0.2) is 29.8 Å². The van der Waals surface area contributed by atoms with Gasteiger partial charge in [0, 0.05) is 30.2 Å². The second-order valence-corrected chi connectivity index (χ2v) is 5.52. The van der Waals surface area contributed by atoms with E-state index in [9.17, 15) is 4.79 Å². The average molecular weight is 326 g/mol. The maximum Gasteiger partial charge on any atom is 0.319 e. The number of ether oxygens (including phenoxy) is 1. The van der Waals surface area contributed by atoms with E-state index in [-0.39, 0.29) is 6.03 Å². The van der Waals surface area contributed by atoms with Crippen molar-refractivity contribution in [1.29, 1.82) is 0 Å². The Labute approximate surface area is 132 Å². The molecule has 7 heteroatoms. The molecule has 0 unspecified atom stereocenters. The largest absolute Gasteiger partial charge is 0.492 e. The van der Waals surface area contributed by atoms with Gasteiger partial charge < -0.3 is 15.4 Å². The zero-order valence-electron chi connectivity index (χ0n) is 11.6. The molecule has 0 aliphatic heterocycles. The molecule has 5 nitrogen and oxygen atoms in total. The average Bonchev–Trinajstić information content (AvgIpc) is 2.95. The number of halogens is 1. The van der Waals surface area contributed by atoms with E-state index < -0.39 is 0 Å². The van der Waals surface area contributed by atoms with Gasteiger partial charge in [-0.3, -0.25) is 0 Å². The first kappa shape index (κ1) is 15.6. The van der Waals surface area contributed by atoms with Crippen LogP contribution in [-0.4, -0.2) is 24.2 Å². The third-order valence-corrected chi connectivity index (χ3v) is 3.73. The van der Waals surface area contributed by atoms with Gasteiger partial charge in [0.1, 0.15) is 5.75 Å². The van der Waals surface area contributed by atoms with Crippen LogP contribution in [0, 0.1) is 0 Å². The summed E-state index contributed by atoms with van der Waals surface area (Å²) in [5.74, 6) is 0.605. The van der Waals surface area contributed by atoms with Crippen molar-refractivity contribution < 1.29 is 9.53 Å². The highest BCUT2D eigenvalue weighted by Crippen LogP contribution is 2.27. The van der Waals surface area contributed by atoms with Crippen LogP contribution in [0.5, 0.6) is 5.75 Å². The number of thiazole rings is 1. The molecule has 2 rings (SSSR count). The van der Waals surface area contributed by atoms with Crippen molar-refractivity contribution in [3.05, 3.63) is 39.8 Å². The van der Waals surface area contributed by atoms with E-state index in [1.165, 1.54) is 0 Å². The van der Waals surface area contributed by atoms with Gasteiger partial charge in [0.25, 0.3) is 0 Å². The van der Waals surface area contributed by atoms with Crippen molar-refractivity contribution in [1.82, 2.24) is 10.3 Å². The first-order valence-electron chi connectivity index (χ1n) is 6.54. The third-order valence-electron chi connectivity index (χ3n) is 2.60. The minimum atomic E-state index is -0.271. The summed E-state index contributed by atoms with van der Waals surface area (Å²) in [7, 11) is 0. The molecule has 0 aliphatic rings. The van der Waals surface area contributed by atoms with E-state index >= 15 is 0 Å². The number of amides is 2. The number of anilines is 1. The Hall–Kier alpha value is -1.79. The highest BCUT2D eigenvalue weighted by molar-refractivity contribution is 7.09. The Morgan fingerprint density at radius 2 is 2.33 bits per heavy atom. The second-order valence-electron chi connectivity index (χ2n) is 4.13. The summed E-state index contributed by atoms with van der Waals surface area (Å²) in [6, 6.07) is 4.87. The van der Waals surface area contributed by atoms with Gasteiger partial charge in [0.15, 0.2) is 0 Å². The molecular weight excluding hydrogens is 310 g/mol. The predicted octanol–water partition coefficient (Wildman–Crippen LogP) is 3.56. The van der Waals surface area contributed by atoms with Crippen LogP contribution in [0.1, 0.15) is 11.9 Å². The number of benzene rings is 1. The summed E-state index contributed by atoms with van der Waals surface area (Å²) in [4.78, 5) is 15.9. The number of carbonyl (C=O) groups is 1. The first-order valence-corrected chi connectivity index (χ1v) is 7.80. The van der Waals surface area contributed by atoms with Crippen molar-refractivity contribution in [2.24, 2.45) is 0 Å². The number of urea groups is 1. The standard InChI is InChI=1S/C14H16ClN3O2S/c1-2-20-12-4-3-10(9-11(12)15)18-14(19)17-6-5-13-16-7-8-21-13/h3-4,7-9H,2,5-6H2,1H3,(H2,17,18,19). The summed E-state index contributed by atoms with van der Waals surface area (Å²) in [6.45, 7) is 2.96. The zero-order chi connectivity index (χ0) is 15.1. The Balaban J connectivity index is 1.80. The summed E-state index contributed by atoms with van der Waals surface area (Å²) in [5.41, 5.74) is 0.621. The summed E-state index contributed by atoms with van der Waals surface area (Å²) in [5, 5.41) is 8.88. The van der Waals surface area contributed by atoms with E-state index in [0.717, 1.165) is 11.4 Å². The smallest absolute Gasteiger partial charge is 0.319 e. The topological polar surface area (TPSA) is 63.2 Å². The molecular formula is C14H16ClN3O2S. The lowest BCUT2D eigenvalue weighted by atomic mass is 10.3. The maximum atomic E-state index is 11.7. The van der Waals surface area contributed by atoms with E-state index in [0.29, 0.717) is 29.6 Å². The summed E-state index contributed by atoms with van der Waals surface area (Å²) >= 11 is 7.63. The molecule has 0 radical (unpaired) electrons. The number of carbonyl (C=O) groups excluding carboxylic acids is 1. The fourth-order valence-electron chi connectivity index (χ4n) is 1.69. The monoisotopic (exact) mass is 325 g/mol. The lowest BCUT2D eigenvalue weighted by Crippen LogP contribution is -2.30. The van der Waals surface area contributed by atoms with Gasteiger partial charge in [0.05, 0.1) is 16.6 Å². The Morgan fingerprint density at radius 3 is 3.00 bits per heavy atom. The lowest BCUT2D eigenvalue weighted by molar-refractivity contribution is 0.252. The molecule has 2 aromatic rings. The van der Waals surface area contributed by atoms with Crippen LogP contribution in [0.3, 0.4) is 0 Å². The van der Waals surface area contributed by atoms with Crippen molar-refractivity contribution >= 4 is 34.7 Å². The third kappa shape index (κ3) is 4.91. The lowest BCUT2D eigenvalue weighted by Gasteiger charge is -2.10. The van der Waals surface area contributed by atoms with Gasteiger partial charge in [-0.2, -0.15) is 0 Å². The fourth-order valence-corrected chi connectivity index (χ4v) is 2.54. The summed E-state index contributed by atoms with van der Waals surface area (Å²) in [6.07, 6.45) is 2.47. The van der Waals surface area contributed by atoms with Crippen LogP contribution in [-0.2, 0) is 6.42 Å². The van der Waals surface area contributed by atoms with Crippen LogP contribution in [0.2, 0.25) is 5.02 Å². The van der Waals surface area contributed by atoms with Crippen LogP contribution in [0.4, 0.5) is 10.5 Å². The fraction of sp³-hybridized carbons (Fsp3) is 0.286. The Bertz CT molecular complexity index is 590. The molecule has 2 N–H and O–H groups in total. The van der Waals surface area contributed by atoms with Gasteiger partial charge in [-0.25, -0.2) is 9.78 Å². The van der Waals surface area contributed by atoms with Gasteiger partial charge in [-0.05, 0) is 25.1 Å². The van der Waals surface area contributed by atoms with Crippen LogP contribution < -0.4 is 15.4 Å². The van der Waals surface area contributed by atoms with Crippen molar-refractivity contribution in [2.45, 2.75) is 13.3 Å². The van der Waals surface area contributed by atoms with Gasteiger partial charge in [-0.15, -0.1) is 11.3 Å². The van der Waals surface area contributed by atoms with Crippen LogP contribution in [0.25, 0.3) is 0 Å². The maximum absolute atomic E-state index is 11.7. The zero-order valence-corrected chi connectivity index (χ0v) is 13.1. The van der Waals surface area contributed by atoms with Gasteiger partial charge >= 0.3 is 6.03 Å². The highest BCUT2D eigenvalue weighted by atomic mass is 35.5.